The minimum atomic E-state index is 0.837. The molecule has 0 heterocycles. The predicted molar refractivity (Wildman–Crippen MR) is 66.2 cm³/mol. The first kappa shape index (κ1) is 10.7. The minimum absolute atomic E-state index is 0.837. The van der Waals surface area contributed by atoms with Crippen LogP contribution >= 0.6 is 0 Å². The van der Waals surface area contributed by atoms with Crippen LogP contribution in [0.3, 0.4) is 0 Å². The van der Waals surface area contributed by atoms with Crippen molar-refractivity contribution in [2.24, 2.45) is 5.92 Å². The number of aryl methyl sites for hydroxylation is 1. The summed E-state index contributed by atoms with van der Waals surface area (Å²) in [6.07, 6.45) is 7.07. The van der Waals surface area contributed by atoms with Crippen molar-refractivity contribution in [3.05, 3.63) is 35.4 Å². The zero-order chi connectivity index (χ0) is 10.7. The van der Waals surface area contributed by atoms with Gasteiger partial charge in [0.2, 0.25) is 0 Å². The molecule has 0 amide bonds. The second-order valence-corrected chi connectivity index (χ2v) is 5.05. The van der Waals surface area contributed by atoms with E-state index in [1.165, 1.54) is 37.7 Å². The van der Waals surface area contributed by atoms with Gasteiger partial charge in [-0.25, -0.2) is 0 Å². The van der Waals surface area contributed by atoms with E-state index in [2.05, 4.69) is 38.1 Å². The van der Waals surface area contributed by atoms with Gasteiger partial charge in [-0.05, 0) is 37.2 Å². The summed E-state index contributed by atoms with van der Waals surface area (Å²) < 4.78 is 0. The molecule has 1 unspecified atom stereocenters. The van der Waals surface area contributed by atoms with Crippen molar-refractivity contribution < 1.29 is 0 Å². The molecule has 82 valence electrons. The average molecular weight is 202 g/mol. The van der Waals surface area contributed by atoms with Crippen LogP contribution in [0.2, 0.25) is 0 Å². The summed E-state index contributed by atoms with van der Waals surface area (Å²) in [5.41, 5.74) is 2.99. The van der Waals surface area contributed by atoms with Crippen molar-refractivity contribution in [1.82, 2.24) is 0 Å². The highest BCUT2D eigenvalue weighted by Crippen LogP contribution is 2.37. The van der Waals surface area contributed by atoms with E-state index in [-0.39, 0.29) is 0 Å². The molecule has 0 saturated heterocycles. The van der Waals surface area contributed by atoms with Crippen LogP contribution in [-0.2, 0) is 0 Å². The third kappa shape index (κ3) is 2.62. The van der Waals surface area contributed by atoms with Crippen molar-refractivity contribution in [1.29, 1.82) is 0 Å². The Morgan fingerprint density at radius 2 is 2.13 bits per heavy atom. The molecule has 1 aliphatic rings. The molecule has 1 saturated carbocycles. The maximum atomic E-state index is 2.38. The van der Waals surface area contributed by atoms with E-state index in [0.717, 1.165) is 11.8 Å². The molecule has 15 heavy (non-hydrogen) atoms. The molecule has 0 spiro atoms. The maximum Gasteiger partial charge on any atom is -0.0159 e. The molecule has 2 atom stereocenters. The van der Waals surface area contributed by atoms with Crippen LogP contribution in [-0.4, -0.2) is 0 Å². The normalized spacial score (nSPS) is 26.5. The number of benzene rings is 1. The van der Waals surface area contributed by atoms with Crippen LogP contribution < -0.4 is 0 Å². The first-order valence-corrected chi connectivity index (χ1v) is 6.36. The maximum absolute atomic E-state index is 2.38. The Kier molecular flexibility index (Phi) is 3.45. The topological polar surface area (TPSA) is 0 Å². The van der Waals surface area contributed by atoms with Gasteiger partial charge < -0.3 is 0 Å². The lowest BCUT2D eigenvalue weighted by atomic mass is 9.77. The first-order chi connectivity index (χ1) is 7.29. The van der Waals surface area contributed by atoms with E-state index in [9.17, 15) is 0 Å². The zero-order valence-corrected chi connectivity index (χ0v) is 10.00. The highest BCUT2D eigenvalue weighted by atomic mass is 14.3. The molecule has 0 nitrogen and oxygen atoms in total. The largest absolute Gasteiger partial charge is 0.0651 e. The smallest absolute Gasteiger partial charge is 0.0159 e. The molecule has 0 N–H and O–H groups in total. The Labute approximate surface area is 93.7 Å². The van der Waals surface area contributed by atoms with E-state index < -0.39 is 0 Å². The molecule has 0 radical (unpaired) electrons. The van der Waals surface area contributed by atoms with E-state index >= 15 is 0 Å². The summed E-state index contributed by atoms with van der Waals surface area (Å²) in [5, 5.41) is 0. The van der Waals surface area contributed by atoms with Crippen LogP contribution in [0.5, 0.6) is 0 Å². The van der Waals surface area contributed by atoms with Gasteiger partial charge in [0.15, 0.2) is 0 Å². The Balaban J connectivity index is 2.09. The fourth-order valence-electron chi connectivity index (χ4n) is 2.89. The lowest BCUT2D eigenvalue weighted by Crippen LogP contribution is -2.13. The third-order valence-electron chi connectivity index (χ3n) is 3.87. The summed E-state index contributed by atoms with van der Waals surface area (Å²) >= 11 is 0. The first-order valence-electron chi connectivity index (χ1n) is 6.36. The van der Waals surface area contributed by atoms with Crippen molar-refractivity contribution in [2.75, 3.05) is 0 Å². The molecular formula is C15H22. The molecule has 0 aliphatic heterocycles. The lowest BCUT2D eigenvalue weighted by molar-refractivity contribution is 0.314. The van der Waals surface area contributed by atoms with Crippen molar-refractivity contribution in [3.8, 4) is 0 Å². The summed E-state index contributed by atoms with van der Waals surface area (Å²) in [6.45, 7) is 4.53. The fraction of sp³-hybridized carbons (Fsp3) is 0.600. The van der Waals surface area contributed by atoms with Crippen LogP contribution in [0.1, 0.15) is 56.1 Å². The predicted octanol–water partition coefficient (Wildman–Crippen LogP) is 4.68. The van der Waals surface area contributed by atoms with E-state index in [1.54, 1.807) is 5.56 Å². The molecule has 0 bridgehead atoms. The molecule has 1 aromatic rings. The highest BCUT2D eigenvalue weighted by molar-refractivity contribution is 5.25. The molecule has 0 heteroatoms. The second-order valence-electron chi connectivity index (χ2n) is 5.05. The van der Waals surface area contributed by atoms with Gasteiger partial charge >= 0.3 is 0 Å². The third-order valence-corrected chi connectivity index (χ3v) is 3.87. The Morgan fingerprint density at radius 1 is 1.27 bits per heavy atom. The summed E-state index contributed by atoms with van der Waals surface area (Å²) in [6, 6.07) is 9.10. The molecule has 1 fully saturated rings. The van der Waals surface area contributed by atoms with Gasteiger partial charge in [0.25, 0.3) is 0 Å². The Hall–Kier alpha value is -0.780. The molecule has 2 rings (SSSR count). The van der Waals surface area contributed by atoms with Crippen molar-refractivity contribution in [3.63, 3.8) is 0 Å². The van der Waals surface area contributed by atoms with Gasteiger partial charge in [-0.3, -0.25) is 0 Å². The molecule has 1 aliphatic carbocycles. The number of rotatable bonds is 2. The van der Waals surface area contributed by atoms with Gasteiger partial charge in [-0.2, -0.15) is 0 Å². The number of hydrogen-bond acceptors (Lipinski definition) is 0. The summed E-state index contributed by atoms with van der Waals surface area (Å²) in [4.78, 5) is 0. The molecule has 0 aromatic heterocycles. The van der Waals surface area contributed by atoms with Crippen LogP contribution in [0.4, 0.5) is 0 Å². The van der Waals surface area contributed by atoms with Gasteiger partial charge in [0, 0.05) is 0 Å². The average Bonchev–Trinajstić information content (AvgIpc) is 2.29. The number of hydrogen-bond donors (Lipinski definition) is 0. The van der Waals surface area contributed by atoms with E-state index in [1.807, 2.05) is 0 Å². The van der Waals surface area contributed by atoms with Crippen LogP contribution in [0.25, 0.3) is 0 Å². The van der Waals surface area contributed by atoms with Gasteiger partial charge in [0.05, 0.1) is 0 Å². The van der Waals surface area contributed by atoms with Gasteiger partial charge in [0.1, 0.15) is 0 Å². The lowest BCUT2D eigenvalue weighted by Gasteiger charge is -2.28. The van der Waals surface area contributed by atoms with E-state index in [4.69, 9.17) is 0 Å². The standard InChI is InChI=1S/C15H22/c1-3-13-7-5-9-15(11-13)14-8-4-6-12(2)10-14/h4,6,8,10,13,15H,3,5,7,9,11H2,1-2H3/t13?,15-/m1/s1. The monoisotopic (exact) mass is 202 g/mol. The van der Waals surface area contributed by atoms with Crippen LogP contribution in [0.15, 0.2) is 24.3 Å². The quantitative estimate of drug-likeness (QED) is 0.653. The van der Waals surface area contributed by atoms with Gasteiger partial charge in [-0.15, -0.1) is 0 Å². The van der Waals surface area contributed by atoms with Crippen LogP contribution in [0, 0.1) is 12.8 Å². The summed E-state index contributed by atoms with van der Waals surface area (Å²) in [5.74, 6) is 1.81. The highest BCUT2D eigenvalue weighted by Gasteiger charge is 2.21. The Morgan fingerprint density at radius 3 is 2.87 bits per heavy atom. The Bertz CT molecular complexity index is 314. The second kappa shape index (κ2) is 4.83. The minimum Gasteiger partial charge on any atom is -0.0651 e. The summed E-state index contributed by atoms with van der Waals surface area (Å²) in [7, 11) is 0. The SMILES string of the molecule is CCC1CCC[C@@H](c2cccc(C)c2)C1. The van der Waals surface area contributed by atoms with Crippen molar-refractivity contribution in [2.45, 2.75) is 51.9 Å². The van der Waals surface area contributed by atoms with Gasteiger partial charge in [-0.1, -0.05) is 56.0 Å². The molecule has 1 aromatic carbocycles. The molecular weight excluding hydrogens is 180 g/mol. The fourth-order valence-corrected chi connectivity index (χ4v) is 2.89. The zero-order valence-electron chi connectivity index (χ0n) is 10.00. The van der Waals surface area contributed by atoms with E-state index in [0.29, 0.717) is 0 Å². The van der Waals surface area contributed by atoms with Crippen molar-refractivity contribution >= 4 is 0 Å².